The van der Waals surface area contributed by atoms with Gasteiger partial charge in [-0.3, -0.25) is 9.88 Å². The average molecular weight is 354 g/mol. The fourth-order valence-electron chi connectivity index (χ4n) is 3.09. The number of morpholine rings is 1. The standard InChI is InChI=1S/C18H22N6O2/c1-14-3-4-16(26-14)15(23-7-9-25-10-8-23)11-20-17-12-19-13-18(22-17)24-6-2-5-21-24/h2-6,12-13,15H,7-11H2,1H3,(H,20,22)/t15-/m1/s1. The van der Waals surface area contributed by atoms with Crippen molar-refractivity contribution in [3.63, 3.8) is 0 Å². The maximum Gasteiger partial charge on any atom is 0.173 e. The van der Waals surface area contributed by atoms with E-state index in [9.17, 15) is 0 Å². The summed E-state index contributed by atoms with van der Waals surface area (Å²) < 4.78 is 13.1. The summed E-state index contributed by atoms with van der Waals surface area (Å²) >= 11 is 0. The summed E-state index contributed by atoms with van der Waals surface area (Å²) in [7, 11) is 0. The van der Waals surface area contributed by atoms with Crippen molar-refractivity contribution < 1.29 is 9.15 Å². The fraction of sp³-hybridized carbons (Fsp3) is 0.389. The van der Waals surface area contributed by atoms with Crippen LogP contribution >= 0.6 is 0 Å². The lowest BCUT2D eigenvalue weighted by atomic mass is 10.1. The Labute approximate surface area is 151 Å². The van der Waals surface area contributed by atoms with Crippen LogP contribution in [0.3, 0.4) is 0 Å². The maximum atomic E-state index is 5.90. The van der Waals surface area contributed by atoms with Crippen LogP contribution in [0, 0.1) is 6.92 Å². The Hall–Kier alpha value is -2.71. The number of rotatable bonds is 6. The second-order valence-electron chi connectivity index (χ2n) is 6.21. The lowest BCUT2D eigenvalue weighted by molar-refractivity contribution is 0.0143. The van der Waals surface area contributed by atoms with E-state index in [-0.39, 0.29) is 6.04 Å². The summed E-state index contributed by atoms with van der Waals surface area (Å²) in [6.07, 6.45) is 6.97. The average Bonchev–Trinajstić information content (AvgIpc) is 3.35. The summed E-state index contributed by atoms with van der Waals surface area (Å²) in [5.41, 5.74) is 0. The van der Waals surface area contributed by atoms with Gasteiger partial charge in [0.25, 0.3) is 0 Å². The number of ether oxygens (including phenoxy) is 1. The van der Waals surface area contributed by atoms with E-state index in [0.29, 0.717) is 18.2 Å². The summed E-state index contributed by atoms with van der Waals surface area (Å²) in [4.78, 5) is 11.2. The van der Waals surface area contributed by atoms with Crippen molar-refractivity contribution in [3.05, 3.63) is 54.5 Å². The Morgan fingerprint density at radius 1 is 1.23 bits per heavy atom. The monoisotopic (exact) mass is 354 g/mol. The van der Waals surface area contributed by atoms with Gasteiger partial charge in [0.2, 0.25) is 0 Å². The molecule has 0 aliphatic carbocycles. The maximum absolute atomic E-state index is 5.90. The van der Waals surface area contributed by atoms with Gasteiger partial charge in [0, 0.05) is 32.0 Å². The summed E-state index contributed by atoms with van der Waals surface area (Å²) in [6.45, 7) is 5.88. The Kier molecular flexibility index (Phi) is 4.94. The molecule has 0 bridgehead atoms. The topological polar surface area (TPSA) is 81.2 Å². The first-order valence-corrected chi connectivity index (χ1v) is 8.74. The highest BCUT2D eigenvalue weighted by molar-refractivity contribution is 5.36. The molecule has 1 aliphatic rings. The number of furan rings is 1. The molecule has 3 aromatic heterocycles. The van der Waals surface area contributed by atoms with E-state index in [1.54, 1.807) is 23.3 Å². The molecule has 26 heavy (non-hydrogen) atoms. The van der Waals surface area contributed by atoms with Gasteiger partial charge in [-0.2, -0.15) is 5.10 Å². The molecule has 4 rings (SSSR count). The van der Waals surface area contributed by atoms with Gasteiger partial charge in [-0.15, -0.1) is 0 Å². The number of nitrogens with zero attached hydrogens (tertiary/aromatic N) is 5. The Morgan fingerprint density at radius 3 is 2.85 bits per heavy atom. The summed E-state index contributed by atoms with van der Waals surface area (Å²) in [5.74, 6) is 3.25. The predicted octanol–water partition coefficient (Wildman–Crippen LogP) is 2.05. The van der Waals surface area contributed by atoms with Crippen LogP contribution < -0.4 is 5.32 Å². The molecule has 4 heterocycles. The third-order valence-electron chi connectivity index (χ3n) is 4.41. The minimum absolute atomic E-state index is 0.114. The normalized spacial score (nSPS) is 16.5. The zero-order chi connectivity index (χ0) is 17.8. The van der Waals surface area contributed by atoms with Gasteiger partial charge in [-0.05, 0) is 25.1 Å². The third kappa shape index (κ3) is 3.76. The summed E-state index contributed by atoms with van der Waals surface area (Å²) in [5, 5.41) is 7.59. The minimum Gasteiger partial charge on any atom is -0.465 e. The molecule has 0 amide bonds. The van der Waals surface area contributed by atoms with E-state index < -0.39 is 0 Å². The largest absolute Gasteiger partial charge is 0.465 e. The van der Waals surface area contributed by atoms with Crippen LogP contribution in [0.1, 0.15) is 17.6 Å². The van der Waals surface area contributed by atoms with Crippen molar-refractivity contribution in [2.75, 3.05) is 38.2 Å². The fourth-order valence-corrected chi connectivity index (χ4v) is 3.09. The highest BCUT2D eigenvalue weighted by Crippen LogP contribution is 2.24. The molecule has 0 saturated carbocycles. The number of hydrogen-bond donors (Lipinski definition) is 1. The van der Waals surface area contributed by atoms with Crippen molar-refractivity contribution in [1.82, 2.24) is 24.6 Å². The molecule has 0 unspecified atom stereocenters. The molecule has 3 aromatic rings. The van der Waals surface area contributed by atoms with Gasteiger partial charge >= 0.3 is 0 Å². The first-order valence-electron chi connectivity index (χ1n) is 8.74. The number of anilines is 1. The quantitative estimate of drug-likeness (QED) is 0.725. The van der Waals surface area contributed by atoms with Crippen molar-refractivity contribution in [1.29, 1.82) is 0 Å². The first-order chi connectivity index (χ1) is 12.8. The van der Waals surface area contributed by atoms with Crippen molar-refractivity contribution in [2.24, 2.45) is 0 Å². The molecule has 1 saturated heterocycles. The van der Waals surface area contributed by atoms with Crippen LogP contribution in [0.2, 0.25) is 0 Å². The molecule has 1 N–H and O–H groups in total. The number of nitrogens with one attached hydrogen (secondary N) is 1. The van der Waals surface area contributed by atoms with Crippen LogP contribution in [-0.4, -0.2) is 57.5 Å². The molecular weight excluding hydrogens is 332 g/mol. The number of hydrogen-bond acceptors (Lipinski definition) is 7. The molecule has 8 heteroatoms. The summed E-state index contributed by atoms with van der Waals surface area (Å²) in [6, 6.07) is 6.02. The third-order valence-corrected chi connectivity index (χ3v) is 4.41. The van der Waals surface area contributed by atoms with Crippen molar-refractivity contribution in [3.8, 4) is 5.82 Å². The van der Waals surface area contributed by atoms with Gasteiger partial charge in [0.15, 0.2) is 5.82 Å². The molecule has 0 spiro atoms. The second-order valence-corrected chi connectivity index (χ2v) is 6.21. The van der Waals surface area contributed by atoms with Gasteiger partial charge in [0.05, 0.1) is 31.6 Å². The Morgan fingerprint density at radius 2 is 2.12 bits per heavy atom. The van der Waals surface area contributed by atoms with Gasteiger partial charge in [0.1, 0.15) is 17.3 Å². The van der Waals surface area contributed by atoms with Gasteiger partial charge in [-0.25, -0.2) is 9.67 Å². The Balaban J connectivity index is 1.50. The van der Waals surface area contributed by atoms with Crippen LogP contribution in [-0.2, 0) is 4.74 Å². The second kappa shape index (κ2) is 7.67. The van der Waals surface area contributed by atoms with Gasteiger partial charge in [-0.1, -0.05) is 0 Å². The molecule has 136 valence electrons. The van der Waals surface area contributed by atoms with Crippen molar-refractivity contribution in [2.45, 2.75) is 13.0 Å². The zero-order valence-electron chi connectivity index (χ0n) is 14.7. The molecule has 1 aliphatic heterocycles. The SMILES string of the molecule is Cc1ccc([C@@H](CNc2cncc(-n3cccn3)n2)N2CCOCC2)o1. The smallest absolute Gasteiger partial charge is 0.173 e. The Bertz CT molecular complexity index is 826. The molecule has 0 radical (unpaired) electrons. The highest BCUT2D eigenvalue weighted by Gasteiger charge is 2.25. The number of aromatic nitrogens is 4. The van der Waals surface area contributed by atoms with E-state index in [2.05, 4.69) is 25.3 Å². The minimum atomic E-state index is 0.114. The lowest BCUT2D eigenvalue weighted by Gasteiger charge is -2.33. The highest BCUT2D eigenvalue weighted by atomic mass is 16.5. The first kappa shape index (κ1) is 16.7. The lowest BCUT2D eigenvalue weighted by Crippen LogP contribution is -2.41. The molecule has 8 nitrogen and oxygen atoms in total. The van der Waals surface area contributed by atoms with E-state index in [0.717, 1.165) is 37.8 Å². The van der Waals surface area contributed by atoms with Gasteiger partial charge < -0.3 is 14.5 Å². The van der Waals surface area contributed by atoms with Crippen LogP contribution in [0.15, 0.2) is 47.4 Å². The van der Waals surface area contributed by atoms with Crippen LogP contribution in [0.25, 0.3) is 5.82 Å². The zero-order valence-corrected chi connectivity index (χ0v) is 14.7. The van der Waals surface area contributed by atoms with E-state index in [4.69, 9.17) is 9.15 Å². The van der Waals surface area contributed by atoms with E-state index >= 15 is 0 Å². The van der Waals surface area contributed by atoms with E-state index in [1.165, 1.54) is 0 Å². The number of aryl methyl sites for hydroxylation is 1. The van der Waals surface area contributed by atoms with Crippen LogP contribution in [0.4, 0.5) is 5.82 Å². The molecule has 1 atom stereocenters. The molecule has 1 fully saturated rings. The molecule has 0 aromatic carbocycles. The molecular formula is C18H22N6O2. The van der Waals surface area contributed by atoms with Crippen molar-refractivity contribution >= 4 is 5.82 Å². The van der Waals surface area contributed by atoms with E-state index in [1.807, 2.05) is 31.3 Å². The van der Waals surface area contributed by atoms with Crippen LogP contribution in [0.5, 0.6) is 0 Å². The predicted molar refractivity (Wildman–Crippen MR) is 96.2 cm³/mol.